The molecule has 6 heteroatoms. The fraction of sp³-hybridized carbons (Fsp3) is 0.438. The molecule has 1 amide bonds. The molecule has 0 radical (unpaired) electrons. The molecule has 1 aromatic carbocycles. The normalized spacial score (nSPS) is 12.4. The summed E-state index contributed by atoms with van der Waals surface area (Å²) in [6.07, 6.45) is 1.24. The van der Waals surface area contributed by atoms with Gasteiger partial charge in [-0.15, -0.1) is 0 Å². The molecule has 0 aliphatic heterocycles. The van der Waals surface area contributed by atoms with Crippen molar-refractivity contribution in [3.8, 4) is 0 Å². The van der Waals surface area contributed by atoms with Crippen molar-refractivity contribution in [2.45, 2.75) is 13.8 Å². The Hall–Kier alpha value is -1.79. The molecule has 4 nitrogen and oxygen atoms in total. The number of carbonyl (C=O) groups is 1. The van der Waals surface area contributed by atoms with Gasteiger partial charge < -0.3 is 15.1 Å². The summed E-state index contributed by atoms with van der Waals surface area (Å²) in [6.45, 7) is 2.81. The van der Waals surface area contributed by atoms with Gasteiger partial charge in [-0.1, -0.05) is 6.92 Å². The molecule has 0 spiro atoms. The zero-order valence-corrected chi connectivity index (χ0v) is 12.9. The van der Waals surface area contributed by atoms with E-state index in [-0.39, 0.29) is 25.3 Å². The summed E-state index contributed by atoms with van der Waals surface area (Å²) in [7, 11) is 1.52. The molecule has 0 aliphatic carbocycles. The quantitative estimate of drug-likeness (QED) is 0.788. The summed E-state index contributed by atoms with van der Waals surface area (Å²) >= 11 is 0. The van der Waals surface area contributed by atoms with E-state index >= 15 is 0 Å². The van der Waals surface area contributed by atoms with Crippen LogP contribution in [0.25, 0.3) is 5.57 Å². The van der Waals surface area contributed by atoms with E-state index in [1.54, 1.807) is 13.8 Å². The number of rotatable bonds is 6. The van der Waals surface area contributed by atoms with Gasteiger partial charge in [0.1, 0.15) is 11.6 Å². The van der Waals surface area contributed by atoms with Gasteiger partial charge in [-0.25, -0.2) is 8.78 Å². The van der Waals surface area contributed by atoms with Gasteiger partial charge in [-0.3, -0.25) is 4.79 Å². The van der Waals surface area contributed by atoms with Crippen LogP contribution in [-0.4, -0.2) is 47.8 Å². The molecule has 0 saturated heterocycles. The second kappa shape index (κ2) is 7.47. The van der Waals surface area contributed by atoms with Crippen molar-refractivity contribution in [2.24, 2.45) is 5.41 Å². The van der Waals surface area contributed by atoms with E-state index < -0.39 is 23.0 Å². The number of hydrogen-bond donors (Lipinski definition) is 2. The van der Waals surface area contributed by atoms with Crippen LogP contribution in [0, 0.1) is 17.0 Å². The molecular formula is C16H21F2NO3. The van der Waals surface area contributed by atoms with Gasteiger partial charge in [0.2, 0.25) is 5.91 Å². The molecule has 0 fully saturated rings. The number of nitrogens with zero attached hydrogens (tertiary/aromatic N) is 1. The summed E-state index contributed by atoms with van der Waals surface area (Å²) < 4.78 is 26.5. The second-order valence-corrected chi connectivity index (χ2v) is 5.77. The van der Waals surface area contributed by atoms with Crippen molar-refractivity contribution in [1.82, 2.24) is 4.90 Å². The molecule has 1 rings (SSSR count). The first-order valence-electron chi connectivity index (χ1n) is 6.83. The minimum absolute atomic E-state index is 0.147. The topological polar surface area (TPSA) is 60.8 Å². The molecule has 0 aromatic heterocycles. The highest BCUT2D eigenvalue weighted by Crippen LogP contribution is 2.20. The Labute approximate surface area is 128 Å². The summed E-state index contributed by atoms with van der Waals surface area (Å²) in [6, 6.07) is 3.16. The van der Waals surface area contributed by atoms with Crippen molar-refractivity contribution in [1.29, 1.82) is 0 Å². The summed E-state index contributed by atoms with van der Waals surface area (Å²) in [4.78, 5) is 13.4. The van der Waals surface area contributed by atoms with Crippen LogP contribution in [0.2, 0.25) is 0 Å². The number of carbonyl (C=O) groups excluding carboxylic acids is 1. The van der Waals surface area contributed by atoms with Crippen LogP contribution in [0.5, 0.6) is 0 Å². The molecule has 0 heterocycles. The van der Waals surface area contributed by atoms with Gasteiger partial charge in [0, 0.05) is 36.7 Å². The second-order valence-electron chi connectivity index (χ2n) is 5.77. The van der Waals surface area contributed by atoms with E-state index in [1.165, 1.54) is 24.1 Å². The number of benzene rings is 1. The van der Waals surface area contributed by atoms with Crippen LogP contribution in [0.4, 0.5) is 8.78 Å². The minimum atomic E-state index is -0.812. The lowest BCUT2D eigenvalue weighted by molar-refractivity contribution is -0.126. The first-order chi connectivity index (χ1) is 10.2. The highest BCUT2D eigenvalue weighted by molar-refractivity contribution is 5.94. The Kier molecular flexibility index (Phi) is 6.20. The van der Waals surface area contributed by atoms with Crippen molar-refractivity contribution in [3.63, 3.8) is 0 Å². The van der Waals surface area contributed by atoms with E-state index in [1.807, 2.05) is 0 Å². The van der Waals surface area contributed by atoms with Crippen LogP contribution in [0.1, 0.15) is 19.4 Å². The number of aliphatic hydroxyl groups is 2. The van der Waals surface area contributed by atoms with Crippen LogP contribution < -0.4 is 0 Å². The zero-order valence-electron chi connectivity index (χ0n) is 12.9. The standard InChI is InChI=1S/C16H21F2NO3/c1-11(13-5-4-12(17)7-14(13)18)6-15(22)19(3)8-16(2,9-20)10-21/h4-7,20-21H,8-10H2,1-3H3/b11-6-. The molecule has 0 aliphatic rings. The monoisotopic (exact) mass is 313 g/mol. The molecule has 0 saturated carbocycles. The van der Waals surface area contributed by atoms with Gasteiger partial charge in [0.05, 0.1) is 13.2 Å². The van der Waals surface area contributed by atoms with Crippen LogP contribution >= 0.6 is 0 Å². The highest BCUT2D eigenvalue weighted by Gasteiger charge is 2.26. The van der Waals surface area contributed by atoms with E-state index in [2.05, 4.69) is 0 Å². The molecule has 1 aromatic rings. The van der Waals surface area contributed by atoms with Gasteiger partial charge >= 0.3 is 0 Å². The van der Waals surface area contributed by atoms with Gasteiger partial charge in [-0.05, 0) is 24.6 Å². The molecular weight excluding hydrogens is 292 g/mol. The van der Waals surface area contributed by atoms with E-state index in [4.69, 9.17) is 0 Å². The van der Waals surface area contributed by atoms with E-state index in [0.29, 0.717) is 5.57 Å². The maximum absolute atomic E-state index is 13.7. The van der Waals surface area contributed by atoms with Gasteiger partial charge in [0.25, 0.3) is 0 Å². The Morgan fingerprint density at radius 3 is 2.41 bits per heavy atom. The number of amides is 1. The fourth-order valence-corrected chi connectivity index (χ4v) is 1.98. The van der Waals surface area contributed by atoms with Crippen molar-refractivity contribution >= 4 is 11.5 Å². The number of hydrogen-bond acceptors (Lipinski definition) is 3. The van der Waals surface area contributed by atoms with Crippen molar-refractivity contribution in [3.05, 3.63) is 41.5 Å². The third-order valence-electron chi connectivity index (χ3n) is 3.45. The predicted molar refractivity (Wildman–Crippen MR) is 79.9 cm³/mol. The first kappa shape index (κ1) is 18.3. The molecule has 0 atom stereocenters. The Morgan fingerprint density at radius 1 is 1.32 bits per heavy atom. The molecule has 122 valence electrons. The number of aliphatic hydroxyl groups excluding tert-OH is 2. The predicted octanol–water partition coefficient (Wildman–Crippen LogP) is 1.82. The molecule has 0 bridgehead atoms. The first-order valence-corrected chi connectivity index (χ1v) is 6.83. The third kappa shape index (κ3) is 4.61. The van der Waals surface area contributed by atoms with Crippen molar-refractivity contribution < 1.29 is 23.8 Å². The molecule has 22 heavy (non-hydrogen) atoms. The average molecular weight is 313 g/mol. The van der Waals surface area contributed by atoms with Crippen molar-refractivity contribution in [2.75, 3.05) is 26.8 Å². The maximum atomic E-state index is 13.7. The number of likely N-dealkylation sites (N-methyl/N-ethyl adjacent to an activating group) is 1. The SMILES string of the molecule is C/C(=C/C(=O)N(C)CC(C)(CO)CO)c1ccc(F)cc1F. The van der Waals surface area contributed by atoms with Crippen LogP contribution in [-0.2, 0) is 4.79 Å². The summed E-state index contributed by atoms with van der Waals surface area (Å²) in [5, 5.41) is 18.5. The third-order valence-corrected chi connectivity index (χ3v) is 3.45. The highest BCUT2D eigenvalue weighted by atomic mass is 19.1. The van der Waals surface area contributed by atoms with Crippen LogP contribution in [0.3, 0.4) is 0 Å². The van der Waals surface area contributed by atoms with Gasteiger partial charge in [0.15, 0.2) is 0 Å². The van der Waals surface area contributed by atoms with E-state index in [9.17, 15) is 23.8 Å². The van der Waals surface area contributed by atoms with E-state index in [0.717, 1.165) is 12.1 Å². The van der Waals surface area contributed by atoms with Gasteiger partial charge in [-0.2, -0.15) is 0 Å². The largest absolute Gasteiger partial charge is 0.396 e. The molecule has 2 N–H and O–H groups in total. The number of allylic oxidation sites excluding steroid dienone is 1. The number of halogens is 2. The van der Waals surface area contributed by atoms with Crippen LogP contribution in [0.15, 0.2) is 24.3 Å². The summed E-state index contributed by atoms with van der Waals surface area (Å²) in [5.41, 5.74) is -0.299. The lowest BCUT2D eigenvalue weighted by Gasteiger charge is -2.29. The summed E-state index contributed by atoms with van der Waals surface area (Å²) in [5.74, 6) is -1.81. The minimum Gasteiger partial charge on any atom is -0.396 e. The average Bonchev–Trinajstić information content (AvgIpc) is 2.46. The fourth-order valence-electron chi connectivity index (χ4n) is 1.98. The Morgan fingerprint density at radius 2 is 1.91 bits per heavy atom. The molecule has 0 unspecified atom stereocenters. The lowest BCUT2D eigenvalue weighted by Crippen LogP contribution is -2.41. The zero-order chi connectivity index (χ0) is 16.9. The Balaban J connectivity index is 2.89. The smallest absolute Gasteiger partial charge is 0.246 e. The maximum Gasteiger partial charge on any atom is 0.246 e. The Bertz CT molecular complexity index is 569. The lowest BCUT2D eigenvalue weighted by atomic mass is 9.92.